The van der Waals surface area contributed by atoms with Crippen LogP contribution in [-0.4, -0.2) is 34.3 Å². The molecule has 0 saturated carbocycles. The number of hydrogen-bond donors (Lipinski definition) is 1. The molecular formula is C17H15Cl2N3O2. The quantitative estimate of drug-likeness (QED) is 0.905. The van der Waals surface area contributed by atoms with Crippen molar-refractivity contribution in [1.82, 2.24) is 9.88 Å². The summed E-state index contributed by atoms with van der Waals surface area (Å²) in [4.78, 5) is 30.8. The standard InChI is InChI=1S/C17H15Cl2N3O2/c18-11-8-12(19)10-13(9-11)21-16(23)15-5-3-7-22(15)17(24)14-4-1-2-6-20-14/h1-2,4,6,8-10,15H,3,5,7H2,(H,21,23). The molecule has 5 nitrogen and oxygen atoms in total. The number of pyridine rings is 1. The number of anilines is 1. The smallest absolute Gasteiger partial charge is 0.273 e. The van der Waals surface area contributed by atoms with Gasteiger partial charge >= 0.3 is 0 Å². The average molecular weight is 364 g/mol. The SMILES string of the molecule is O=C(Nc1cc(Cl)cc(Cl)c1)C1CCCN1C(=O)c1ccccn1. The van der Waals surface area contributed by atoms with Crippen molar-refractivity contribution in [3.05, 3.63) is 58.3 Å². The maximum atomic E-state index is 12.6. The normalized spacial score (nSPS) is 16.9. The molecule has 7 heteroatoms. The molecule has 1 aromatic heterocycles. The summed E-state index contributed by atoms with van der Waals surface area (Å²) >= 11 is 11.9. The van der Waals surface area contributed by atoms with Crippen LogP contribution in [0.5, 0.6) is 0 Å². The summed E-state index contributed by atoms with van der Waals surface area (Å²) < 4.78 is 0. The Morgan fingerprint density at radius 2 is 1.92 bits per heavy atom. The Bertz CT molecular complexity index is 747. The highest BCUT2D eigenvalue weighted by molar-refractivity contribution is 6.35. The highest BCUT2D eigenvalue weighted by Crippen LogP contribution is 2.25. The Morgan fingerprint density at radius 1 is 1.17 bits per heavy atom. The van der Waals surface area contributed by atoms with E-state index in [1.54, 1.807) is 47.5 Å². The molecule has 24 heavy (non-hydrogen) atoms. The fourth-order valence-electron chi connectivity index (χ4n) is 2.77. The van der Waals surface area contributed by atoms with E-state index in [1.807, 2.05) is 0 Å². The third kappa shape index (κ3) is 3.68. The number of likely N-dealkylation sites (tertiary alicyclic amines) is 1. The molecule has 2 heterocycles. The third-order valence-corrected chi connectivity index (χ3v) is 4.27. The van der Waals surface area contributed by atoms with E-state index in [4.69, 9.17) is 23.2 Å². The number of halogens is 2. The number of amides is 2. The Balaban J connectivity index is 1.75. The minimum Gasteiger partial charge on any atom is -0.325 e. The molecule has 1 saturated heterocycles. The van der Waals surface area contributed by atoms with E-state index < -0.39 is 6.04 Å². The third-order valence-electron chi connectivity index (χ3n) is 3.83. The lowest BCUT2D eigenvalue weighted by molar-refractivity contribution is -0.119. The van der Waals surface area contributed by atoms with Crippen LogP contribution < -0.4 is 5.32 Å². The molecule has 1 unspecified atom stereocenters. The minimum absolute atomic E-state index is 0.239. The Kier molecular flexibility index (Phi) is 5.02. The van der Waals surface area contributed by atoms with Gasteiger partial charge in [-0.2, -0.15) is 0 Å². The van der Waals surface area contributed by atoms with E-state index in [0.717, 1.165) is 6.42 Å². The molecule has 2 amide bonds. The van der Waals surface area contributed by atoms with Gasteiger partial charge in [-0.25, -0.2) is 0 Å². The molecule has 0 bridgehead atoms. The highest BCUT2D eigenvalue weighted by Gasteiger charge is 2.35. The molecule has 3 rings (SSSR count). The van der Waals surface area contributed by atoms with Crippen LogP contribution in [0.25, 0.3) is 0 Å². The minimum atomic E-state index is -0.530. The predicted molar refractivity (Wildman–Crippen MR) is 93.4 cm³/mol. The summed E-state index contributed by atoms with van der Waals surface area (Å²) in [6.07, 6.45) is 2.94. The van der Waals surface area contributed by atoms with Gasteiger partial charge in [-0.05, 0) is 43.2 Å². The first-order valence-electron chi connectivity index (χ1n) is 7.53. The van der Waals surface area contributed by atoms with Gasteiger partial charge in [-0.1, -0.05) is 29.3 Å². The lowest BCUT2D eigenvalue weighted by atomic mass is 10.2. The maximum absolute atomic E-state index is 12.6. The van der Waals surface area contributed by atoms with Gasteiger partial charge in [0.05, 0.1) is 0 Å². The molecule has 1 N–H and O–H groups in total. The van der Waals surface area contributed by atoms with Crippen LogP contribution >= 0.6 is 23.2 Å². The van der Waals surface area contributed by atoms with Gasteiger partial charge in [-0.15, -0.1) is 0 Å². The lowest BCUT2D eigenvalue weighted by Gasteiger charge is -2.23. The van der Waals surface area contributed by atoms with Crippen molar-refractivity contribution >= 4 is 40.7 Å². The zero-order valence-corrected chi connectivity index (χ0v) is 14.2. The molecular weight excluding hydrogens is 349 g/mol. The number of carbonyl (C=O) groups excluding carboxylic acids is 2. The number of aromatic nitrogens is 1. The van der Waals surface area contributed by atoms with Crippen molar-refractivity contribution in [3.63, 3.8) is 0 Å². The summed E-state index contributed by atoms with van der Waals surface area (Å²) in [5.41, 5.74) is 0.845. The van der Waals surface area contributed by atoms with E-state index >= 15 is 0 Å². The van der Waals surface area contributed by atoms with Crippen LogP contribution in [0, 0.1) is 0 Å². The Morgan fingerprint density at radius 3 is 2.58 bits per heavy atom. The Hall–Kier alpha value is -2.11. The van der Waals surface area contributed by atoms with Crippen LogP contribution in [0.2, 0.25) is 10.0 Å². The van der Waals surface area contributed by atoms with Crippen molar-refractivity contribution in [2.24, 2.45) is 0 Å². The van der Waals surface area contributed by atoms with Crippen LogP contribution in [0.15, 0.2) is 42.6 Å². The predicted octanol–water partition coefficient (Wildman–Crippen LogP) is 3.63. The van der Waals surface area contributed by atoms with Crippen LogP contribution in [0.4, 0.5) is 5.69 Å². The highest BCUT2D eigenvalue weighted by atomic mass is 35.5. The van der Waals surface area contributed by atoms with E-state index in [9.17, 15) is 9.59 Å². The molecule has 1 fully saturated rings. The molecule has 0 radical (unpaired) electrons. The number of hydrogen-bond acceptors (Lipinski definition) is 3. The van der Waals surface area contributed by atoms with Crippen LogP contribution in [-0.2, 0) is 4.79 Å². The molecule has 1 aliphatic rings. The van der Waals surface area contributed by atoms with Crippen LogP contribution in [0.3, 0.4) is 0 Å². The van der Waals surface area contributed by atoms with E-state index in [-0.39, 0.29) is 11.8 Å². The molecule has 1 atom stereocenters. The number of benzene rings is 1. The van der Waals surface area contributed by atoms with Gasteiger partial charge in [-0.3, -0.25) is 14.6 Å². The molecule has 124 valence electrons. The van der Waals surface area contributed by atoms with E-state index in [0.29, 0.717) is 34.4 Å². The second kappa shape index (κ2) is 7.20. The molecule has 0 aliphatic carbocycles. The van der Waals surface area contributed by atoms with Gasteiger partial charge in [0.15, 0.2) is 0 Å². The second-order valence-electron chi connectivity index (χ2n) is 5.52. The molecule has 0 spiro atoms. The van der Waals surface area contributed by atoms with Crippen LogP contribution in [0.1, 0.15) is 23.3 Å². The molecule has 1 aliphatic heterocycles. The molecule has 1 aromatic carbocycles. The van der Waals surface area contributed by atoms with Gasteiger partial charge in [0.2, 0.25) is 5.91 Å². The number of nitrogens with zero attached hydrogens (tertiary/aromatic N) is 2. The fourth-order valence-corrected chi connectivity index (χ4v) is 3.30. The zero-order valence-electron chi connectivity index (χ0n) is 12.7. The summed E-state index contributed by atoms with van der Waals surface area (Å²) in [5, 5.41) is 3.65. The topological polar surface area (TPSA) is 62.3 Å². The maximum Gasteiger partial charge on any atom is 0.273 e. The van der Waals surface area contributed by atoms with Crippen molar-refractivity contribution in [3.8, 4) is 0 Å². The number of rotatable bonds is 3. The summed E-state index contributed by atoms with van der Waals surface area (Å²) in [6.45, 7) is 0.532. The lowest BCUT2D eigenvalue weighted by Crippen LogP contribution is -2.43. The van der Waals surface area contributed by atoms with Crippen molar-refractivity contribution in [1.29, 1.82) is 0 Å². The summed E-state index contributed by atoms with van der Waals surface area (Å²) in [5.74, 6) is -0.493. The number of nitrogens with one attached hydrogen (secondary N) is 1. The Labute approximate surface area is 149 Å². The van der Waals surface area contributed by atoms with E-state index in [2.05, 4.69) is 10.3 Å². The van der Waals surface area contributed by atoms with Gasteiger partial charge in [0.25, 0.3) is 5.91 Å². The van der Waals surface area contributed by atoms with Gasteiger partial charge in [0, 0.05) is 28.5 Å². The fraction of sp³-hybridized carbons (Fsp3) is 0.235. The summed E-state index contributed by atoms with van der Waals surface area (Å²) in [6, 6.07) is 9.43. The van der Waals surface area contributed by atoms with Crippen molar-refractivity contribution in [2.75, 3.05) is 11.9 Å². The van der Waals surface area contributed by atoms with Crippen molar-refractivity contribution < 1.29 is 9.59 Å². The van der Waals surface area contributed by atoms with Gasteiger partial charge < -0.3 is 10.2 Å². The first-order chi connectivity index (χ1) is 11.5. The average Bonchev–Trinajstić information content (AvgIpc) is 3.03. The van der Waals surface area contributed by atoms with Crippen molar-refractivity contribution in [2.45, 2.75) is 18.9 Å². The summed E-state index contributed by atoms with van der Waals surface area (Å²) in [7, 11) is 0. The monoisotopic (exact) mass is 363 g/mol. The molecule has 2 aromatic rings. The number of carbonyl (C=O) groups is 2. The second-order valence-corrected chi connectivity index (χ2v) is 6.39. The largest absolute Gasteiger partial charge is 0.325 e. The van der Waals surface area contributed by atoms with Gasteiger partial charge in [0.1, 0.15) is 11.7 Å². The first kappa shape index (κ1) is 16.7. The first-order valence-corrected chi connectivity index (χ1v) is 8.29. The zero-order chi connectivity index (χ0) is 17.1. The van der Waals surface area contributed by atoms with E-state index in [1.165, 1.54) is 0 Å².